The van der Waals surface area contributed by atoms with Gasteiger partial charge in [0.15, 0.2) is 5.65 Å². The number of hydrogen-bond donors (Lipinski definition) is 2. The summed E-state index contributed by atoms with van der Waals surface area (Å²) in [5.74, 6) is 0.694. The fraction of sp³-hybridized carbons (Fsp3) is 0.467. The molecule has 0 bridgehead atoms. The van der Waals surface area contributed by atoms with Gasteiger partial charge in [-0.2, -0.15) is 4.98 Å². The highest BCUT2D eigenvalue weighted by atomic mass is 32.2. The number of amides is 1. The number of H-pyrrole nitrogens is 1. The maximum absolute atomic E-state index is 13.6. The molecule has 1 saturated carbocycles. The summed E-state index contributed by atoms with van der Waals surface area (Å²) >= 11 is 0. The number of nitrogens with one attached hydrogen (secondary N) is 2. The summed E-state index contributed by atoms with van der Waals surface area (Å²) in [6.07, 6.45) is 6.26. The molecule has 2 aromatic heterocycles. The van der Waals surface area contributed by atoms with Gasteiger partial charge in [-0.05, 0) is 62.4 Å². The molecule has 2 aromatic carbocycles. The van der Waals surface area contributed by atoms with Gasteiger partial charge in [-0.15, -0.1) is 5.10 Å². The summed E-state index contributed by atoms with van der Waals surface area (Å²) < 4.78 is 28.6. The molecule has 0 spiro atoms. The number of rotatable bonds is 7. The minimum absolute atomic E-state index is 0.0336. The van der Waals surface area contributed by atoms with E-state index in [4.69, 9.17) is 0 Å². The molecule has 4 aromatic rings. The zero-order valence-corrected chi connectivity index (χ0v) is 24.9. The Balaban J connectivity index is 1.19. The number of sulfone groups is 1. The molecule has 2 N–H and O–H groups in total. The summed E-state index contributed by atoms with van der Waals surface area (Å²) in [5, 5.41) is 10.1. The highest BCUT2D eigenvalue weighted by molar-refractivity contribution is 7.91. The molecule has 1 amide bonds. The Kier molecular flexibility index (Phi) is 7.75. The number of piperazine rings is 1. The Morgan fingerprint density at radius 1 is 1.02 bits per heavy atom. The van der Waals surface area contributed by atoms with E-state index in [0.29, 0.717) is 28.9 Å². The van der Waals surface area contributed by atoms with Crippen LogP contribution < -0.4 is 15.8 Å². The largest absolute Gasteiger partial charge is 0.369 e. The first kappa shape index (κ1) is 28.4. The number of fused-ring (bicyclic) bond motifs is 3. The quantitative estimate of drug-likeness (QED) is 0.335. The Morgan fingerprint density at radius 3 is 2.52 bits per heavy atom. The van der Waals surface area contributed by atoms with Crippen molar-refractivity contribution in [1.82, 2.24) is 30.0 Å². The van der Waals surface area contributed by atoms with Crippen LogP contribution in [0.2, 0.25) is 0 Å². The first-order valence-corrected chi connectivity index (χ1v) is 16.2. The average molecular weight is 592 g/mol. The van der Waals surface area contributed by atoms with Crippen LogP contribution >= 0.6 is 0 Å². The Hall–Kier alpha value is -3.77. The number of carbonyl (C=O) groups is 1. The number of aryl methyl sites for hydroxylation is 2. The monoisotopic (exact) mass is 591 g/mol. The van der Waals surface area contributed by atoms with E-state index >= 15 is 0 Å². The molecule has 42 heavy (non-hydrogen) atoms. The zero-order chi connectivity index (χ0) is 29.4. The topological polar surface area (TPSA) is 133 Å². The minimum Gasteiger partial charge on any atom is -0.369 e. The molecule has 12 heteroatoms. The standard InChI is InChI=1S/C30H37N7O4S/c1-20-8-11-26(21(2)16-20)42(40,41)30-28-32-29(39)24-10-9-23(17-25(24)37(28)34-33-30)36-14-12-35(13-15-36)19-27(38)31-18-22-6-4-3-5-7-22/h8-11,16-17,22,34H,3-7,12-15,18-19H2,1-2H3,(H,31,38). The summed E-state index contributed by atoms with van der Waals surface area (Å²) in [5.41, 5.74) is 2.40. The lowest BCUT2D eigenvalue weighted by molar-refractivity contribution is -0.122. The second kappa shape index (κ2) is 11.5. The molecule has 1 aliphatic carbocycles. The molecule has 1 aliphatic heterocycles. The van der Waals surface area contributed by atoms with Crippen LogP contribution in [-0.4, -0.2) is 78.3 Å². The Bertz CT molecular complexity index is 1800. The van der Waals surface area contributed by atoms with Crippen LogP contribution in [0.3, 0.4) is 0 Å². The fourth-order valence-corrected chi connectivity index (χ4v) is 7.73. The average Bonchev–Trinajstić information content (AvgIpc) is 3.42. The molecular weight excluding hydrogens is 554 g/mol. The molecule has 1 saturated heterocycles. The molecule has 2 aliphatic rings. The van der Waals surface area contributed by atoms with Gasteiger partial charge in [-0.3, -0.25) is 14.5 Å². The summed E-state index contributed by atoms with van der Waals surface area (Å²) in [4.78, 5) is 34.1. The number of benzene rings is 2. The molecular formula is C30H37N7O4S. The van der Waals surface area contributed by atoms with Gasteiger partial charge < -0.3 is 10.2 Å². The van der Waals surface area contributed by atoms with Crippen molar-refractivity contribution in [3.63, 3.8) is 0 Å². The highest BCUT2D eigenvalue weighted by Crippen LogP contribution is 2.28. The van der Waals surface area contributed by atoms with Crippen molar-refractivity contribution in [2.24, 2.45) is 5.92 Å². The number of aromatic amines is 1. The van der Waals surface area contributed by atoms with E-state index in [0.717, 1.165) is 44.0 Å². The summed E-state index contributed by atoms with van der Waals surface area (Å²) in [6, 6.07) is 10.6. The molecule has 2 fully saturated rings. The van der Waals surface area contributed by atoms with E-state index in [9.17, 15) is 18.0 Å². The lowest BCUT2D eigenvalue weighted by Crippen LogP contribution is -2.49. The second-order valence-electron chi connectivity index (χ2n) is 11.6. The smallest absolute Gasteiger partial charge is 0.281 e. The van der Waals surface area contributed by atoms with Crippen LogP contribution in [0, 0.1) is 19.8 Å². The van der Waals surface area contributed by atoms with Crippen LogP contribution in [0.1, 0.15) is 43.2 Å². The predicted octanol–water partition coefficient (Wildman–Crippen LogP) is 2.84. The van der Waals surface area contributed by atoms with Gasteiger partial charge in [0.05, 0.1) is 22.3 Å². The van der Waals surface area contributed by atoms with Gasteiger partial charge in [0, 0.05) is 38.4 Å². The fourth-order valence-electron chi connectivity index (χ4n) is 6.25. The van der Waals surface area contributed by atoms with Crippen molar-refractivity contribution >= 4 is 38.0 Å². The Morgan fingerprint density at radius 2 is 1.79 bits per heavy atom. The van der Waals surface area contributed by atoms with E-state index in [1.165, 1.54) is 36.6 Å². The number of anilines is 1. The van der Waals surface area contributed by atoms with E-state index < -0.39 is 15.4 Å². The maximum atomic E-state index is 13.6. The number of carbonyl (C=O) groups excluding carboxylic acids is 1. The van der Waals surface area contributed by atoms with Crippen molar-refractivity contribution in [2.45, 2.75) is 55.9 Å². The molecule has 3 heterocycles. The third-order valence-electron chi connectivity index (χ3n) is 8.61. The van der Waals surface area contributed by atoms with Crippen molar-refractivity contribution in [3.8, 4) is 0 Å². The third kappa shape index (κ3) is 5.52. The first-order chi connectivity index (χ1) is 20.2. The van der Waals surface area contributed by atoms with E-state index in [1.54, 1.807) is 31.2 Å². The molecule has 0 radical (unpaired) electrons. The van der Waals surface area contributed by atoms with Crippen molar-refractivity contribution < 1.29 is 13.2 Å². The maximum Gasteiger partial charge on any atom is 0.281 e. The highest BCUT2D eigenvalue weighted by Gasteiger charge is 2.28. The second-order valence-corrected chi connectivity index (χ2v) is 13.5. The first-order valence-electron chi connectivity index (χ1n) is 14.7. The molecule has 222 valence electrons. The third-order valence-corrected chi connectivity index (χ3v) is 10.4. The lowest BCUT2D eigenvalue weighted by atomic mass is 9.89. The summed E-state index contributed by atoms with van der Waals surface area (Å²) in [6.45, 7) is 7.73. The van der Waals surface area contributed by atoms with Crippen LogP contribution in [-0.2, 0) is 14.6 Å². The van der Waals surface area contributed by atoms with Gasteiger partial charge in [0.25, 0.3) is 5.56 Å². The van der Waals surface area contributed by atoms with E-state index in [2.05, 4.69) is 30.4 Å². The van der Waals surface area contributed by atoms with E-state index in [1.807, 2.05) is 19.1 Å². The normalized spacial score (nSPS) is 17.2. The molecule has 0 unspecified atom stereocenters. The van der Waals surface area contributed by atoms with Gasteiger partial charge in [0.2, 0.25) is 20.8 Å². The molecule has 11 nitrogen and oxygen atoms in total. The minimum atomic E-state index is -4.03. The molecule has 0 atom stereocenters. The van der Waals surface area contributed by atoms with E-state index in [-0.39, 0.29) is 21.5 Å². The van der Waals surface area contributed by atoms with Crippen LogP contribution in [0.15, 0.2) is 51.1 Å². The number of nitrogens with zero attached hydrogens (tertiary/aromatic N) is 5. The lowest BCUT2D eigenvalue weighted by Gasteiger charge is -2.36. The van der Waals surface area contributed by atoms with Gasteiger partial charge in [-0.25, -0.2) is 18.1 Å². The Labute approximate surface area is 244 Å². The van der Waals surface area contributed by atoms with Crippen LogP contribution in [0.5, 0.6) is 0 Å². The van der Waals surface area contributed by atoms with Gasteiger partial charge in [-0.1, -0.05) is 37.0 Å². The van der Waals surface area contributed by atoms with Crippen LogP contribution in [0.25, 0.3) is 16.6 Å². The zero-order valence-electron chi connectivity index (χ0n) is 24.1. The predicted molar refractivity (Wildman–Crippen MR) is 161 cm³/mol. The number of hydrogen-bond acceptors (Lipinski definition) is 8. The van der Waals surface area contributed by atoms with Crippen molar-refractivity contribution in [3.05, 3.63) is 57.9 Å². The SMILES string of the molecule is Cc1ccc(S(=O)(=O)c2n[nH]n3c2nc(=O)c2ccc(N4CCN(CC(=O)NCC5CCCCC5)CC4)cc23)c(C)c1. The number of aromatic nitrogens is 4. The van der Waals surface area contributed by atoms with Crippen molar-refractivity contribution in [1.29, 1.82) is 0 Å². The van der Waals surface area contributed by atoms with Gasteiger partial charge in [0.1, 0.15) is 0 Å². The van der Waals surface area contributed by atoms with Crippen LogP contribution in [0.4, 0.5) is 5.69 Å². The summed E-state index contributed by atoms with van der Waals surface area (Å²) in [7, 11) is -4.03. The van der Waals surface area contributed by atoms with Gasteiger partial charge >= 0.3 is 0 Å². The van der Waals surface area contributed by atoms with Crippen molar-refractivity contribution in [2.75, 3.05) is 44.2 Å². The molecule has 6 rings (SSSR count).